The lowest BCUT2D eigenvalue weighted by Crippen LogP contribution is -2.57. The number of carbonyl (C=O) groups excluding carboxylic acids is 2. The predicted octanol–water partition coefficient (Wildman–Crippen LogP) is 2.49. The Bertz CT molecular complexity index is 393. The molecular weight excluding hydrogens is 254 g/mol. The zero-order valence-electron chi connectivity index (χ0n) is 12.9. The summed E-state index contributed by atoms with van der Waals surface area (Å²) in [5.41, 5.74) is -1.16. The van der Waals surface area contributed by atoms with Gasteiger partial charge in [-0.3, -0.25) is 14.5 Å². The first-order chi connectivity index (χ1) is 9.44. The van der Waals surface area contributed by atoms with Crippen LogP contribution in [0.4, 0.5) is 0 Å². The van der Waals surface area contributed by atoms with Gasteiger partial charge in [-0.15, -0.1) is 0 Å². The second-order valence-corrected chi connectivity index (χ2v) is 6.76. The SMILES string of the molecule is CCC1(CC)CC(=O)N(C2(CO)CCC(C)CC2)C1=O. The molecule has 2 rings (SSSR count). The summed E-state index contributed by atoms with van der Waals surface area (Å²) in [6.45, 7) is 6.05. The third-order valence-corrected chi connectivity index (χ3v) is 5.72. The van der Waals surface area contributed by atoms with Crippen molar-refractivity contribution in [3.8, 4) is 0 Å². The largest absolute Gasteiger partial charge is 0.394 e. The van der Waals surface area contributed by atoms with Gasteiger partial charge in [0.1, 0.15) is 0 Å². The molecule has 1 aliphatic carbocycles. The first-order valence-electron chi connectivity index (χ1n) is 7.93. The molecule has 2 aliphatic rings. The third-order valence-electron chi connectivity index (χ3n) is 5.72. The average molecular weight is 281 g/mol. The standard InChI is InChI=1S/C16H27NO3/c1-4-15(5-2)10-13(19)17(14(15)20)16(11-18)8-6-12(3)7-9-16/h12,18H,4-11H2,1-3H3. The first-order valence-corrected chi connectivity index (χ1v) is 7.93. The maximum atomic E-state index is 12.8. The molecule has 1 saturated heterocycles. The lowest BCUT2D eigenvalue weighted by atomic mass is 9.76. The van der Waals surface area contributed by atoms with Crippen LogP contribution in [0.2, 0.25) is 0 Å². The highest BCUT2D eigenvalue weighted by atomic mass is 16.3. The molecule has 4 heteroatoms. The van der Waals surface area contributed by atoms with Crippen LogP contribution in [0.15, 0.2) is 0 Å². The maximum Gasteiger partial charge on any atom is 0.236 e. The number of hydrogen-bond acceptors (Lipinski definition) is 3. The zero-order chi connectivity index (χ0) is 15.0. The molecular formula is C16H27NO3. The van der Waals surface area contributed by atoms with E-state index in [0.717, 1.165) is 25.7 Å². The van der Waals surface area contributed by atoms with Gasteiger partial charge in [0.15, 0.2) is 0 Å². The molecule has 2 fully saturated rings. The van der Waals surface area contributed by atoms with Gasteiger partial charge in [-0.05, 0) is 44.4 Å². The molecule has 0 atom stereocenters. The Morgan fingerprint density at radius 3 is 2.15 bits per heavy atom. The number of aliphatic hydroxyl groups excluding tert-OH is 1. The van der Waals surface area contributed by atoms with Gasteiger partial charge >= 0.3 is 0 Å². The highest BCUT2D eigenvalue weighted by Crippen LogP contribution is 2.46. The molecule has 114 valence electrons. The summed E-state index contributed by atoms with van der Waals surface area (Å²) in [6, 6.07) is 0. The number of carbonyl (C=O) groups is 2. The average Bonchev–Trinajstić information content (AvgIpc) is 2.72. The van der Waals surface area contributed by atoms with Crippen LogP contribution in [-0.4, -0.2) is 34.0 Å². The molecule has 1 saturated carbocycles. The van der Waals surface area contributed by atoms with E-state index >= 15 is 0 Å². The van der Waals surface area contributed by atoms with Gasteiger partial charge in [0.25, 0.3) is 0 Å². The normalized spacial score (nSPS) is 33.8. The molecule has 1 N–H and O–H groups in total. The topological polar surface area (TPSA) is 57.6 Å². The van der Waals surface area contributed by atoms with Crippen LogP contribution in [0.1, 0.15) is 65.7 Å². The van der Waals surface area contributed by atoms with Crippen LogP contribution in [0.3, 0.4) is 0 Å². The fraction of sp³-hybridized carbons (Fsp3) is 0.875. The maximum absolute atomic E-state index is 12.8. The quantitative estimate of drug-likeness (QED) is 0.805. The Kier molecular flexibility index (Phi) is 4.24. The minimum absolute atomic E-state index is 0.0453. The van der Waals surface area contributed by atoms with Crippen molar-refractivity contribution >= 4 is 11.8 Å². The van der Waals surface area contributed by atoms with Gasteiger partial charge in [0.05, 0.1) is 17.6 Å². The number of aliphatic hydroxyl groups is 1. The lowest BCUT2D eigenvalue weighted by Gasteiger charge is -2.44. The number of likely N-dealkylation sites (tertiary alicyclic amines) is 1. The molecule has 20 heavy (non-hydrogen) atoms. The van der Waals surface area contributed by atoms with Crippen LogP contribution in [-0.2, 0) is 9.59 Å². The second kappa shape index (κ2) is 5.47. The molecule has 0 spiro atoms. The van der Waals surface area contributed by atoms with Crippen molar-refractivity contribution in [1.82, 2.24) is 4.90 Å². The highest BCUT2D eigenvalue weighted by Gasteiger charge is 2.56. The fourth-order valence-corrected chi connectivity index (χ4v) is 3.83. The molecule has 2 amide bonds. The van der Waals surface area contributed by atoms with Crippen molar-refractivity contribution in [2.45, 2.75) is 71.3 Å². The number of hydrogen-bond donors (Lipinski definition) is 1. The van der Waals surface area contributed by atoms with Crippen molar-refractivity contribution in [3.05, 3.63) is 0 Å². The van der Waals surface area contributed by atoms with Gasteiger partial charge in [-0.2, -0.15) is 0 Å². The summed E-state index contributed by atoms with van der Waals surface area (Å²) in [5.74, 6) is 0.489. The van der Waals surface area contributed by atoms with Gasteiger partial charge in [-0.1, -0.05) is 20.8 Å². The summed E-state index contributed by atoms with van der Waals surface area (Å²) in [6.07, 6.45) is 5.14. The van der Waals surface area contributed by atoms with E-state index in [9.17, 15) is 14.7 Å². The Labute approximate surface area is 121 Å². The van der Waals surface area contributed by atoms with Crippen molar-refractivity contribution in [1.29, 1.82) is 0 Å². The van der Waals surface area contributed by atoms with E-state index in [0.29, 0.717) is 25.2 Å². The Morgan fingerprint density at radius 1 is 1.20 bits per heavy atom. The van der Waals surface area contributed by atoms with E-state index in [1.54, 1.807) is 0 Å². The molecule has 0 aromatic carbocycles. The van der Waals surface area contributed by atoms with Gasteiger partial charge < -0.3 is 5.11 Å². The number of rotatable bonds is 4. The summed E-state index contributed by atoms with van der Waals surface area (Å²) >= 11 is 0. The smallest absolute Gasteiger partial charge is 0.236 e. The number of nitrogens with zero attached hydrogens (tertiary/aromatic N) is 1. The summed E-state index contributed by atoms with van der Waals surface area (Å²) in [5, 5.41) is 9.89. The lowest BCUT2D eigenvalue weighted by molar-refractivity contribution is -0.153. The number of imide groups is 1. The molecule has 0 unspecified atom stereocenters. The summed E-state index contributed by atoms with van der Waals surface area (Å²) in [4.78, 5) is 26.7. The van der Waals surface area contributed by atoms with Gasteiger partial charge in [0, 0.05) is 6.42 Å². The van der Waals surface area contributed by atoms with Gasteiger partial charge in [0.2, 0.25) is 11.8 Å². The monoisotopic (exact) mass is 281 g/mol. The minimum Gasteiger partial charge on any atom is -0.394 e. The Hall–Kier alpha value is -0.900. The van der Waals surface area contributed by atoms with Crippen LogP contribution < -0.4 is 0 Å². The molecule has 4 nitrogen and oxygen atoms in total. The van der Waals surface area contributed by atoms with Crippen molar-refractivity contribution in [2.75, 3.05) is 6.61 Å². The number of amides is 2. The zero-order valence-corrected chi connectivity index (χ0v) is 12.9. The van der Waals surface area contributed by atoms with E-state index in [2.05, 4.69) is 6.92 Å². The van der Waals surface area contributed by atoms with E-state index in [1.165, 1.54) is 4.90 Å². The minimum atomic E-state index is -0.632. The predicted molar refractivity (Wildman–Crippen MR) is 76.9 cm³/mol. The van der Waals surface area contributed by atoms with Crippen LogP contribution in [0, 0.1) is 11.3 Å². The molecule has 1 heterocycles. The fourth-order valence-electron chi connectivity index (χ4n) is 3.83. The molecule has 0 aromatic heterocycles. The van der Waals surface area contributed by atoms with Gasteiger partial charge in [-0.25, -0.2) is 0 Å². The van der Waals surface area contributed by atoms with E-state index < -0.39 is 11.0 Å². The third kappa shape index (κ3) is 2.18. The Balaban J connectivity index is 2.31. The van der Waals surface area contributed by atoms with E-state index in [4.69, 9.17) is 0 Å². The molecule has 0 bridgehead atoms. The summed E-state index contributed by atoms with van der Waals surface area (Å²) < 4.78 is 0. The molecule has 0 radical (unpaired) electrons. The van der Waals surface area contributed by atoms with E-state index in [-0.39, 0.29) is 18.4 Å². The van der Waals surface area contributed by atoms with Crippen LogP contribution in [0.5, 0.6) is 0 Å². The highest BCUT2D eigenvalue weighted by molar-refractivity contribution is 6.06. The van der Waals surface area contributed by atoms with Crippen molar-refractivity contribution < 1.29 is 14.7 Å². The first kappa shape index (κ1) is 15.5. The van der Waals surface area contributed by atoms with Crippen molar-refractivity contribution in [3.63, 3.8) is 0 Å². The second-order valence-electron chi connectivity index (χ2n) is 6.76. The Morgan fingerprint density at radius 2 is 1.75 bits per heavy atom. The molecule has 1 aliphatic heterocycles. The van der Waals surface area contributed by atoms with Crippen molar-refractivity contribution in [2.24, 2.45) is 11.3 Å². The van der Waals surface area contributed by atoms with Crippen LogP contribution in [0.25, 0.3) is 0 Å². The molecule has 0 aromatic rings. The summed E-state index contributed by atoms with van der Waals surface area (Å²) in [7, 11) is 0. The van der Waals surface area contributed by atoms with E-state index in [1.807, 2.05) is 13.8 Å². The van der Waals surface area contributed by atoms with Crippen LogP contribution >= 0.6 is 0 Å².